The zero-order valence-corrected chi connectivity index (χ0v) is 61.2. The summed E-state index contributed by atoms with van der Waals surface area (Å²) in [6, 6.07) is 13.5. The second-order valence-electron chi connectivity index (χ2n) is 18.9. The molecular weight excluding hydrogens is 1250 g/mol. The van der Waals surface area contributed by atoms with E-state index in [4.69, 9.17) is 71.0 Å². The maximum absolute atomic E-state index is 12.9. The van der Waals surface area contributed by atoms with E-state index in [0.29, 0.717) is 47.8 Å². The summed E-state index contributed by atoms with van der Waals surface area (Å²) in [6.07, 6.45) is 3.85. The van der Waals surface area contributed by atoms with Crippen molar-refractivity contribution in [2.24, 2.45) is 0 Å². The number of aliphatic hydroxyl groups excluding tert-OH is 2. The Morgan fingerprint density at radius 2 is 0.925 bits per heavy atom. The molecule has 6 aromatic rings. The second-order valence-corrected chi connectivity index (χ2v) is 28.4. The van der Waals surface area contributed by atoms with Gasteiger partial charge in [-0.25, -0.2) is 25.3 Å². The number of rotatable bonds is 11. The molecule has 3 aromatic heterocycles. The topological polar surface area (TPSA) is 304 Å². The number of nitrogens with zero attached hydrogens (tertiary/aromatic N) is 3. The first kappa shape index (κ1) is 85.8. The van der Waals surface area contributed by atoms with Crippen molar-refractivity contribution >= 4 is 135 Å². The third kappa shape index (κ3) is 24.6. The van der Waals surface area contributed by atoms with Crippen molar-refractivity contribution in [1.29, 1.82) is 0 Å². The van der Waals surface area contributed by atoms with Gasteiger partial charge in [-0.1, -0.05) is 34.8 Å². The van der Waals surface area contributed by atoms with E-state index >= 15 is 0 Å². The van der Waals surface area contributed by atoms with Crippen LogP contribution in [0.5, 0.6) is 17.2 Å². The van der Waals surface area contributed by atoms with Gasteiger partial charge in [-0.3, -0.25) is 29.3 Å². The molecule has 3 aromatic carbocycles. The largest absolute Gasteiger partial charge is 1.00 e. The number of alkyl halides is 1. The molecule has 0 aliphatic carbocycles. The van der Waals surface area contributed by atoms with Crippen molar-refractivity contribution in [3.8, 4) is 17.2 Å². The van der Waals surface area contributed by atoms with E-state index in [1.165, 1.54) is 56.6 Å². The number of phenolic OH excluding ortho intramolecular Hbond substituents is 1. The van der Waals surface area contributed by atoms with E-state index in [1.807, 2.05) is 0 Å². The number of aromatic nitrogens is 3. The number of benzene rings is 3. The summed E-state index contributed by atoms with van der Waals surface area (Å²) in [5.74, 6) is -0.0763. The third-order valence-corrected chi connectivity index (χ3v) is 18.6. The van der Waals surface area contributed by atoms with Crippen LogP contribution in [0.4, 0.5) is 0 Å². The molecule has 0 amide bonds. The number of sulfone groups is 3. The van der Waals surface area contributed by atoms with E-state index in [2.05, 4.69) is 19.8 Å². The first-order valence-corrected chi connectivity index (χ1v) is 28.4. The number of pyridine rings is 3. The van der Waals surface area contributed by atoms with Crippen molar-refractivity contribution < 1.29 is 210 Å². The number of phenols is 1. The molecule has 3 radical (unpaired) electrons. The SMILES string of the molecule is CC(=O)CCl.CC(=O)COc1cc2nccc(Cl)c2cc1S(=O)(=O)C(C)(C)C.CC(C)(C)S(=O)(=O)c1cc2c(Cl)ccnc2cc1O.CC(O)COc1cc2nccc(Cl)c2cc1S(=O)(=O)C(C)(C)C.CO.O=CO[O-].[B].[H-].[H-].[K+].[K+].[Na+]. The zero-order valence-electron chi connectivity index (χ0n) is 49.5. The number of hydrogen-bond acceptors (Lipinski definition) is 19. The summed E-state index contributed by atoms with van der Waals surface area (Å²) in [6.45, 7) is 18.4. The van der Waals surface area contributed by atoms with Crippen LogP contribution in [0.25, 0.3) is 32.7 Å². The van der Waals surface area contributed by atoms with Crippen LogP contribution in [-0.2, 0) is 48.8 Å². The molecule has 3 N–H and O–H groups in total. The molecule has 80 heavy (non-hydrogen) atoms. The van der Waals surface area contributed by atoms with Crippen LogP contribution in [0, 0.1) is 0 Å². The first-order chi connectivity index (χ1) is 34.9. The van der Waals surface area contributed by atoms with Gasteiger partial charge in [0.1, 0.15) is 50.9 Å². The minimum Gasteiger partial charge on any atom is -1.00 e. The molecule has 0 spiro atoms. The molecular formula is C50H64BCl4K2N3NaO16S3. The average Bonchev–Trinajstić information content (AvgIpc) is 3.32. The van der Waals surface area contributed by atoms with E-state index < -0.39 is 49.9 Å². The number of carbonyl (C=O) groups excluding carboxylic acids is 3. The smallest absolute Gasteiger partial charge is 1.00 e. The molecule has 0 aliphatic heterocycles. The molecule has 6 rings (SSSR count). The molecule has 3 heterocycles. The summed E-state index contributed by atoms with van der Waals surface area (Å²) in [7, 11) is -9.99. The maximum Gasteiger partial charge on any atom is 1.00 e. The summed E-state index contributed by atoms with van der Waals surface area (Å²) >= 11 is 23.3. The number of ether oxygens (including phenoxy) is 2. The van der Waals surface area contributed by atoms with Crippen LogP contribution >= 0.6 is 46.4 Å². The molecule has 0 saturated carbocycles. The van der Waals surface area contributed by atoms with E-state index in [-0.39, 0.29) is 213 Å². The van der Waals surface area contributed by atoms with E-state index in [0.717, 1.165) is 7.11 Å². The first-order valence-electron chi connectivity index (χ1n) is 22.2. The van der Waals surface area contributed by atoms with Crippen LogP contribution in [0.3, 0.4) is 0 Å². The summed E-state index contributed by atoms with van der Waals surface area (Å²) in [5, 5.41) is 37.6. The number of aliphatic hydroxyl groups is 2. The number of Topliss-reactive ketones (excluding diaryl/α,β-unsaturated/α-hetero) is 2. The predicted molar refractivity (Wildman–Crippen MR) is 301 cm³/mol. The van der Waals surface area contributed by atoms with Gasteiger partial charge in [-0.15, -0.1) is 11.6 Å². The van der Waals surface area contributed by atoms with Crippen LogP contribution in [0.15, 0.2) is 87.9 Å². The predicted octanol–water partition coefficient (Wildman–Crippen LogP) is -0.472. The maximum atomic E-state index is 12.9. The Morgan fingerprint density at radius 3 is 1.20 bits per heavy atom. The van der Waals surface area contributed by atoms with Gasteiger partial charge in [0.05, 0.1) is 57.8 Å². The monoisotopic (exact) mass is 1310 g/mol. The fourth-order valence-corrected chi connectivity index (χ4v) is 10.1. The standard InChI is InChI=1S/C16H20ClNO4S.C16H18ClNO4S.C13H14ClNO3S.C3H5ClO.CH2O3.CH4O.B.2K.Na.2H/c2*1-10(19)9-22-14-8-13-11(12(17)5-6-18-13)7-15(14)23(20,21)16(2,3)4;1-13(2,3)19(17,18)12-6-8-9(14)4-5-15-10(8)7-11(12)16;1-3(5)2-4;2-1-4-3;1-2;;;;;;/h5-8,10,19H,9H2,1-4H3;5-8H,9H2,1-4H3;4-7,16H,1-3H3;2H2,1H3;1,3H;2H,1H3;;;;;;/q;;;;;;;3*+1;2*-1/p-1. The number of hydrogen-bond donors (Lipinski definition) is 3. The summed E-state index contributed by atoms with van der Waals surface area (Å²) in [5.41, 5.74) is 1.49. The molecule has 0 aliphatic rings. The van der Waals surface area contributed by atoms with Gasteiger partial charge in [-0.05, 0) is 119 Å². The van der Waals surface area contributed by atoms with Gasteiger partial charge in [-0.2, -0.15) is 0 Å². The fraction of sp³-hybridized carbons (Fsp3) is 0.400. The van der Waals surface area contributed by atoms with Crippen molar-refractivity contribution in [3.63, 3.8) is 0 Å². The second kappa shape index (κ2) is 37.8. The molecule has 19 nitrogen and oxygen atoms in total. The normalized spacial score (nSPS) is 11.4. The molecule has 1 atom stereocenters. The molecule has 30 heteroatoms. The summed E-state index contributed by atoms with van der Waals surface area (Å²) in [4.78, 5) is 44.5. The number of halogens is 4. The minimum absolute atomic E-state index is 0. The minimum atomic E-state index is -3.69. The Hall–Kier alpha value is -0.672. The van der Waals surface area contributed by atoms with Gasteiger partial charge in [0.2, 0.25) is 0 Å². The Labute approximate surface area is 600 Å². The Kier molecular flexibility index (Phi) is 40.5. The van der Waals surface area contributed by atoms with Crippen molar-refractivity contribution in [1.82, 2.24) is 15.0 Å². The van der Waals surface area contributed by atoms with Crippen LogP contribution < -0.4 is 147 Å². The van der Waals surface area contributed by atoms with Gasteiger partial charge >= 0.3 is 132 Å². The van der Waals surface area contributed by atoms with Gasteiger partial charge < -0.3 is 37.8 Å². The number of ketones is 2. The van der Waals surface area contributed by atoms with E-state index in [9.17, 15) is 45.1 Å². The van der Waals surface area contributed by atoms with Crippen LogP contribution in [-0.4, -0.2) is 129 Å². The third-order valence-electron chi connectivity index (χ3n) is 9.70. The molecule has 0 bridgehead atoms. The number of fused-ring (bicyclic) bond motifs is 3. The van der Waals surface area contributed by atoms with Crippen molar-refractivity contribution in [2.45, 2.75) is 118 Å². The number of aromatic hydroxyl groups is 1. The van der Waals surface area contributed by atoms with Gasteiger partial charge in [0.25, 0.3) is 6.47 Å². The van der Waals surface area contributed by atoms with Crippen LogP contribution in [0.1, 0.15) is 85.9 Å². The quantitative estimate of drug-likeness (QED) is 0.0486. The molecule has 1 unspecified atom stereocenters. The van der Waals surface area contributed by atoms with Crippen molar-refractivity contribution in [2.75, 3.05) is 26.2 Å². The summed E-state index contributed by atoms with van der Waals surface area (Å²) < 4.78 is 84.1. The Balaban J connectivity index is -0.000000234. The number of carbonyl (C=O) groups is 3. The van der Waals surface area contributed by atoms with Crippen LogP contribution in [0.2, 0.25) is 15.1 Å². The molecule has 0 saturated heterocycles. The molecule has 427 valence electrons. The fourth-order valence-electron chi connectivity index (χ4n) is 5.61. The van der Waals surface area contributed by atoms with Gasteiger partial charge in [0, 0.05) is 68.5 Å². The van der Waals surface area contributed by atoms with E-state index in [1.54, 1.807) is 99.7 Å². The van der Waals surface area contributed by atoms with Gasteiger partial charge in [0.15, 0.2) is 35.3 Å². The molecule has 0 fully saturated rings. The Morgan fingerprint density at radius 1 is 0.637 bits per heavy atom. The average molecular weight is 1310 g/mol. The zero-order chi connectivity index (χ0) is 58.9. The Bertz CT molecular complexity index is 3370. The van der Waals surface area contributed by atoms with Crippen molar-refractivity contribution in [3.05, 3.63) is 88.3 Å².